The highest BCUT2D eigenvalue weighted by Gasteiger charge is 2.34. The Kier molecular flexibility index (Phi) is 7.58. The van der Waals surface area contributed by atoms with E-state index in [1.165, 1.54) is 4.90 Å². The van der Waals surface area contributed by atoms with Gasteiger partial charge >= 0.3 is 0 Å². The van der Waals surface area contributed by atoms with E-state index in [-0.39, 0.29) is 24.3 Å². The summed E-state index contributed by atoms with van der Waals surface area (Å²) < 4.78 is 11.5. The van der Waals surface area contributed by atoms with E-state index in [4.69, 9.17) is 9.47 Å². The molecule has 0 saturated carbocycles. The van der Waals surface area contributed by atoms with Gasteiger partial charge in [0, 0.05) is 0 Å². The third-order valence-electron chi connectivity index (χ3n) is 4.76. The first-order valence-corrected chi connectivity index (χ1v) is 11.0. The van der Waals surface area contributed by atoms with Gasteiger partial charge < -0.3 is 9.47 Å². The second-order valence-electron chi connectivity index (χ2n) is 7.55. The molecule has 2 amide bonds. The summed E-state index contributed by atoms with van der Waals surface area (Å²) in [5, 5.41) is -0.285. The van der Waals surface area contributed by atoms with Crippen molar-refractivity contribution in [2.45, 2.75) is 26.7 Å². The van der Waals surface area contributed by atoms with Crippen molar-refractivity contribution in [1.29, 1.82) is 0 Å². The molecule has 1 heterocycles. The van der Waals surface area contributed by atoms with E-state index in [1.807, 2.05) is 37.3 Å². The number of hydrogen-bond donors (Lipinski definition) is 0. The lowest BCUT2D eigenvalue weighted by molar-refractivity contribution is -0.123. The number of carbonyl (C=O) groups is 2. The summed E-state index contributed by atoms with van der Waals surface area (Å²) in [6.07, 6.45) is 3.38. The highest BCUT2D eigenvalue weighted by molar-refractivity contribution is 8.18. The molecule has 0 N–H and O–H groups in total. The van der Waals surface area contributed by atoms with Crippen LogP contribution < -0.4 is 9.47 Å². The predicted octanol–water partition coefficient (Wildman–Crippen LogP) is 5.80. The second kappa shape index (κ2) is 10.4. The van der Waals surface area contributed by atoms with Crippen LogP contribution in [0.2, 0.25) is 0 Å². The first kappa shape index (κ1) is 22.7. The summed E-state index contributed by atoms with van der Waals surface area (Å²) in [5.74, 6) is 1.50. The fourth-order valence-corrected chi connectivity index (χ4v) is 4.05. The molecule has 0 bridgehead atoms. The van der Waals surface area contributed by atoms with Gasteiger partial charge in [-0.15, -0.1) is 0 Å². The van der Waals surface area contributed by atoms with Gasteiger partial charge in [-0.25, -0.2) is 0 Å². The van der Waals surface area contributed by atoms with Gasteiger partial charge in [0.2, 0.25) is 0 Å². The average molecular weight is 438 g/mol. The molecule has 1 aliphatic rings. The van der Waals surface area contributed by atoms with Crippen LogP contribution in [-0.4, -0.2) is 35.8 Å². The first-order valence-electron chi connectivity index (χ1n) is 10.2. The molecule has 6 heteroatoms. The molecule has 0 spiro atoms. The smallest absolute Gasteiger partial charge is 0.293 e. The van der Waals surface area contributed by atoms with Crippen molar-refractivity contribution >= 4 is 29.0 Å². The maximum absolute atomic E-state index is 12.8. The number of aryl methyl sites for hydroxylation is 1. The maximum atomic E-state index is 12.8. The standard InChI is InChI=1S/C25H27NO4S/c1-5-12-29-20-8-6-7-19(15-20)16-23-24(27)26(25(28)31-23)11-13-30-22-14-18(4)9-10-21(22)17(2)3/h5-10,14-17H,1,11-13H2,2-4H3/b23-16-. The van der Waals surface area contributed by atoms with E-state index < -0.39 is 0 Å². The van der Waals surface area contributed by atoms with Gasteiger partial charge in [-0.2, -0.15) is 0 Å². The molecule has 0 atom stereocenters. The van der Waals surface area contributed by atoms with Gasteiger partial charge in [-0.3, -0.25) is 14.5 Å². The lowest BCUT2D eigenvalue weighted by Gasteiger charge is -2.17. The predicted molar refractivity (Wildman–Crippen MR) is 126 cm³/mol. The Morgan fingerprint density at radius 3 is 2.68 bits per heavy atom. The second-order valence-corrected chi connectivity index (χ2v) is 8.54. The number of thioether (sulfide) groups is 1. The van der Waals surface area contributed by atoms with E-state index in [9.17, 15) is 9.59 Å². The molecule has 1 saturated heterocycles. The lowest BCUT2D eigenvalue weighted by Crippen LogP contribution is -2.32. The van der Waals surface area contributed by atoms with Crippen LogP contribution >= 0.6 is 11.8 Å². The molecule has 1 fully saturated rings. The zero-order valence-corrected chi connectivity index (χ0v) is 18.9. The molecule has 3 rings (SSSR count). The third-order valence-corrected chi connectivity index (χ3v) is 5.67. The normalized spacial score (nSPS) is 15.1. The molecule has 2 aromatic rings. The number of ether oxygens (including phenoxy) is 2. The molecule has 5 nitrogen and oxygen atoms in total. The number of hydrogen-bond acceptors (Lipinski definition) is 5. The Labute approximate surface area is 187 Å². The molecule has 0 unspecified atom stereocenters. The molecule has 162 valence electrons. The summed E-state index contributed by atoms with van der Waals surface area (Å²) in [7, 11) is 0. The zero-order valence-electron chi connectivity index (χ0n) is 18.1. The van der Waals surface area contributed by atoms with Gasteiger partial charge in [0.1, 0.15) is 24.7 Å². The van der Waals surface area contributed by atoms with Crippen molar-refractivity contribution in [3.05, 3.63) is 76.7 Å². The quantitative estimate of drug-likeness (QED) is 0.367. The number of rotatable bonds is 9. The number of amides is 2. The Balaban J connectivity index is 1.65. The number of benzene rings is 2. The van der Waals surface area contributed by atoms with Crippen LogP contribution in [0.15, 0.2) is 60.0 Å². The monoisotopic (exact) mass is 437 g/mol. The molecule has 31 heavy (non-hydrogen) atoms. The van der Waals surface area contributed by atoms with Gasteiger partial charge in [0.15, 0.2) is 0 Å². The number of carbonyl (C=O) groups excluding carboxylic acids is 2. The summed E-state index contributed by atoms with van der Waals surface area (Å²) in [6.45, 7) is 10.7. The van der Waals surface area contributed by atoms with Gasteiger partial charge in [-0.05, 0) is 65.6 Å². The SMILES string of the molecule is C=CCOc1cccc(/C=C2\SC(=O)N(CCOc3cc(C)ccc3C(C)C)C2=O)c1. The lowest BCUT2D eigenvalue weighted by atomic mass is 10.0. The fraction of sp³-hybridized carbons (Fsp3) is 0.280. The van der Waals surface area contributed by atoms with Crippen molar-refractivity contribution in [3.63, 3.8) is 0 Å². The Morgan fingerprint density at radius 2 is 1.94 bits per heavy atom. The summed E-state index contributed by atoms with van der Waals surface area (Å²) in [4.78, 5) is 26.8. The first-order chi connectivity index (χ1) is 14.9. The minimum atomic E-state index is -0.302. The van der Waals surface area contributed by atoms with Gasteiger partial charge in [0.25, 0.3) is 11.1 Å². The van der Waals surface area contributed by atoms with Crippen LogP contribution in [0.3, 0.4) is 0 Å². The minimum Gasteiger partial charge on any atom is -0.491 e. The van der Waals surface area contributed by atoms with Crippen molar-refractivity contribution in [1.82, 2.24) is 4.90 Å². The van der Waals surface area contributed by atoms with Gasteiger partial charge in [0.05, 0.1) is 11.4 Å². The van der Waals surface area contributed by atoms with Crippen LogP contribution in [0.25, 0.3) is 6.08 Å². The van der Waals surface area contributed by atoms with E-state index >= 15 is 0 Å². The fourth-order valence-electron chi connectivity index (χ4n) is 3.18. The molecular formula is C25H27NO4S. The summed E-state index contributed by atoms with van der Waals surface area (Å²) >= 11 is 0.943. The molecule has 1 aliphatic heterocycles. The van der Waals surface area contributed by atoms with Crippen LogP contribution in [0.5, 0.6) is 11.5 Å². The highest BCUT2D eigenvalue weighted by Crippen LogP contribution is 2.33. The molecule has 0 aliphatic carbocycles. The zero-order chi connectivity index (χ0) is 22.4. The Bertz CT molecular complexity index is 1010. The van der Waals surface area contributed by atoms with Crippen molar-refractivity contribution in [2.75, 3.05) is 19.8 Å². The summed E-state index contributed by atoms with van der Waals surface area (Å²) in [6, 6.07) is 13.5. The van der Waals surface area contributed by atoms with Crippen LogP contribution in [0.4, 0.5) is 4.79 Å². The topological polar surface area (TPSA) is 55.8 Å². The van der Waals surface area contributed by atoms with Gasteiger partial charge in [-0.1, -0.05) is 50.8 Å². The van der Waals surface area contributed by atoms with E-state index in [1.54, 1.807) is 12.2 Å². The molecule has 0 radical (unpaired) electrons. The van der Waals surface area contributed by atoms with E-state index in [2.05, 4.69) is 32.6 Å². The van der Waals surface area contributed by atoms with Crippen LogP contribution in [0, 0.1) is 6.92 Å². The van der Waals surface area contributed by atoms with E-state index in [0.717, 1.165) is 34.2 Å². The highest BCUT2D eigenvalue weighted by atomic mass is 32.2. The van der Waals surface area contributed by atoms with Crippen molar-refractivity contribution < 1.29 is 19.1 Å². The van der Waals surface area contributed by atoms with Crippen LogP contribution in [-0.2, 0) is 4.79 Å². The molecule has 0 aromatic heterocycles. The van der Waals surface area contributed by atoms with Crippen LogP contribution in [0.1, 0.15) is 36.5 Å². The minimum absolute atomic E-state index is 0.204. The molecule has 2 aromatic carbocycles. The summed E-state index contributed by atoms with van der Waals surface area (Å²) in [5.41, 5.74) is 3.01. The maximum Gasteiger partial charge on any atom is 0.293 e. The number of nitrogens with zero attached hydrogens (tertiary/aromatic N) is 1. The Hall–Kier alpha value is -2.99. The average Bonchev–Trinajstić information content (AvgIpc) is 2.99. The molecular weight excluding hydrogens is 410 g/mol. The third kappa shape index (κ3) is 5.79. The van der Waals surface area contributed by atoms with E-state index in [0.29, 0.717) is 23.2 Å². The Morgan fingerprint density at radius 1 is 1.13 bits per heavy atom. The van der Waals surface area contributed by atoms with Crippen molar-refractivity contribution in [2.24, 2.45) is 0 Å². The van der Waals surface area contributed by atoms with Crippen molar-refractivity contribution in [3.8, 4) is 11.5 Å². The number of imide groups is 1. The largest absolute Gasteiger partial charge is 0.491 e.